The number of hydrogen-bond donors (Lipinski definition) is 1. The SMILES string of the molecule is Cc1cccc(NC(=O)CSc2nnc(-c3ccc([N+](=O)[O-])cc3)n2-c2ccccc2)c1C. The summed E-state index contributed by atoms with van der Waals surface area (Å²) in [5, 5.41) is 23.1. The van der Waals surface area contributed by atoms with Gasteiger partial charge in [0.15, 0.2) is 11.0 Å². The maximum Gasteiger partial charge on any atom is 0.269 e. The van der Waals surface area contributed by atoms with Crippen molar-refractivity contribution in [1.82, 2.24) is 14.8 Å². The van der Waals surface area contributed by atoms with Gasteiger partial charge in [-0.05, 0) is 55.3 Å². The predicted octanol–water partition coefficient (Wildman–Crippen LogP) is 5.19. The van der Waals surface area contributed by atoms with Gasteiger partial charge in [0.1, 0.15) is 0 Å². The smallest absolute Gasteiger partial charge is 0.269 e. The van der Waals surface area contributed by atoms with E-state index in [9.17, 15) is 14.9 Å². The molecule has 3 aromatic carbocycles. The number of non-ortho nitro benzene ring substituents is 1. The van der Waals surface area contributed by atoms with Gasteiger partial charge >= 0.3 is 0 Å². The average Bonchev–Trinajstić information content (AvgIpc) is 3.25. The van der Waals surface area contributed by atoms with Crippen molar-refractivity contribution in [3.05, 3.63) is 94.0 Å². The van der Waals surface area contributed by atoms with Gasteiger partial charge in [-0.25, -0.2) is 0 Å². The van der Waals surface area contributed by atoms with Crippen molar-refractivity contribution in [3.63, 3.8) is 0 Å². The molecule has 0 saturated heterocycles. The van der Waals surface area contributed by atoms with E-state index >= 15 is 0 Å². The van der Waals surface area contributed by atoms with E-state index in [1.165, 1.54) is 23.9 Å². The molecule has 0 bridgehead atoms. The van der Waals surface area contributed by atoms with Crippen molar-refractivity contribution in [1.29, 1.82) is 0 Å². The Kier molecular flexibility index (Phi) is 6.50. The highest BCUT2D eigenvalue weighted by atomic mass is 32.2. The van der Waals surface area contributed by atoms with Gasteiger partial charge in [-0.1, -0.05) is 42.1 Å². The molecule has 0 saturated carbocycles. The fourth-order valence-corrected chi connectivity index (χ4v) is 4.05. The summed E-state index contributed by atoms with van der Waals surface area (Å²) in [6.07, 6.45) is 0. The largest absolute Gasteiger partial charge is 0.325 e. The summed E-state index contributed by atoms with van der Waals surface area (Å²) in [6.45, 7) is 3.97. The molecule has 1 aromatic heterocycles. The number of amides is 1. The molecule has 9 heteroatoms. The Morgan fingerprint density at radius 1 is 1.00 bits per heavy atom. The zero-order valence-electron chi connectivity index (χ0n) is 18.1. The maximum absolute atomic E-state index is 12.6. The molecule has 8 nitrogen and oxygen atoms in total. The summed E-state index contributed by atoms with van der Waals surface area (Å²) in [5.41, 5.74) is 4.44. The first kappa shape index (κ1) is 22.2. The summed E-state index contributed by atoms with van der Waals surface area (Å²) in [6, 6.07) is 21.5. The predicted molar refractivity (Wildman–Crippen MR) is 129 cm³/mol. The monoisotopic (exact) mass is 459 g/mol. The maximum atomic E-state index is 12.6. The van der Waals surface area contributed by atoms with Crippen LogP contribution in [0.1, 0.15) is 11.1 Å². The minimum atomic E-state index is -0.443. The Labute approximate surface area is 194 Å². The van der Waals surface area contributed by atoms with E-state index in [-0.39, 0.29) is 17.3 Å². The molecule has 4 aromatic rings. The van der Waals surface area contributed by atoms with Crippen molar-refractivity contribution in [3.8, 4) is 17.1 Å². The van der Waals surface area contributed by atoms with Crippen LogP contribution in [-0.4, -0.2) is 31.3 Å². The van der Waals surface area contributed by atoms with Crippen molar-refractivity contribution in [2.75, 3.05) is 11.1 Å². The fraction of sp³-hybridized carbons (Fsp3) is 0.125. The third kappa shape index (κ3) is 4.93. The van der Waals surface area contributed by atoms with Gasteiger partial charge in [0.25, 0.3) is 5.69 Å². The van der Waals surface area contributed by atoms with E-state index in [1.807, 2.05) is 66.9 Å². The highest BCUT2D eigenvalue weighted by Gasteiger charge is 2.18. The Morgan fingerprint density at radius 3 is 2.42 bits per heavy atom. The molecule has 0 spiro atoms. The highest BCUT2D eigenvalue weighted by molar-refractivity contribution is 7.99. The first-order valence-corrected chi connectivity index (χ1v) is 11.2. The third-order valence-corrected chi connectivity index (χ3v) is 6.12. The van der Waals surface area contributed by atoms with Crippen molar-refractivity contribution in [2.24, 2.45) is 0 Å². The average molecular weight is 460 g/mol. The van der Waals surface area contributed by atoms with Gasteiger partial charge < -0.3 is 5.32 Å². The summed E-state index contributed by atoms with van der Waals surface area (Å²) in [4.78, 5) is 23.2. The lowest BCUT2D eigenvalue weighted by Crippen LogP contribution is -2.15. The number of benzene rings is 3. The standard InChI is InChI=1S/C24H21N5O3S/c1-16-7-6-10-21(17(16)2)25-22(30)15-33-24-27-26-23(28(24)19-8-4-3-5-9-19)18-11-13-20(14-12-18)29(31)32/h3-14H,15H2,1-2H3,(H,25,30). The molecule has 1 N–H and O–H groups in total. The number of nitrogens with zero attached hydrogens (tertiary/aromatic N) is 4. The molecule has 33 heavy (non-hydrogen) atoms. The van der Waals surface area contributed by atoms with Crippen LogP contribution in [0.2, 0.25) is 0 Å². The second-order valence-electron chi connectivity index (χ2n) is 7.37. The normalized spacial score (nSPS) is 10.7. The zero-order chi connectivity index (χ0) is 23.4. The molecule has 1 heterocycles. The number of aromatic nitrogens is 3. The van der Waals surface area contributed by atoms with Gasteiger partial charge in [-0.15, -0.1) is 10.2 Å². The molecule has 0 unspecified atom stereocenters. The third-order valence-electron chi connectivity index (χ3n) is 5.20. The number of nitro groups is 1. The molecular weight excluding hydrogens is 438 g/mol. The fourth-order valence-electron chi connectivity index (χ4n) is 3.30. The van der Waals surface area contributed by atoms with E-state index in [1.54, 1.807) is 12.1 Å². The number of carbonyl (C=O) groups excluding carboxylic acids is 1. The van der Waals surface area contributed by atoms with Gasteiger partial charge in [0.2, 0.25) is 5.91 Å². The molecule has 4 rings (SSSR count). The van der Waals surface area contributed by atoms with E-state index < -0.39 is 4.92 Å². The molecule has 0 aliphatic carbocycles. The van der Waals surface area contributed by atoms with Crippen LogP contribution >= 0.6 is 11.8 Å². The minimum Gasteiger partial charge on any atom is -0.325 e. The van der Waals surface area contributed by atoms with Crippen LogP contribution in [0.15, 0.2) is 78.0 Å². The van der Waals surface area contributed by atoms with Gasteiger partial charge in [0.05, 0.1) is 10.7 Å². The number of aryl methyl sites for hydroxylation is 1. The minimum absolute atomic E-state index is 0.00207. The molecule has 0 radical (unpaired) electrons. The van der Waals surface area contributed by atoms with E-state index in [0.717, 1.165) is 22.5 Å². The number of hydrogen-bond acceptors (Lipinski definition) is 6. The van der Waals surface area contributed by atoms with Gasteiger partial charge in [-0.3, -0.25) is 19.5 Å². The van der Waals surface area contributed by atoms with Crippen LogP contribution < -0.4 is 5.32 Å². The number of thioether (sulfide) groups is 1. The zero-order valence-corrected chi connectivity index (χ0v) is 18.9. The molecular formula is C24H21N5O3S. The van der Waals surface area contributed by atoms with Crippen molar-refractivity contribution >= 4 is 29.0 Å². The first-order valence-electron chi connectivity index (χ1n) is 10.2. The summed E-state index contributed by atoms with van der Waals surface area (Å²) >= 11 is 1.27. The summed E-state index contributed by atoms with van der Waals surface area (Å²) in [5.74, 6) is 0.542. The molecule has 0 aliphatic rings. The lowest BCUT2D eigenvalue weighted by Gasteiger charge is -2.11. The number of anilines is 1. The number of carbonyl (C=O) groups is 1. The molecule has 0 fully saturated rings. The van der Waals surface area contributed by atoms with Gasteiger partial charge in [-0.2, -0.15) is 0 Å². The number of para-hydroxylation sites is 1. The van der Waals surface area contributed by atoms with E-state index in [0.29, 0.717) is 16.5 Å². The Morgan fingerprint density at radius 2 is 1.73 bits per heavy atom. The molecule has 166 valence electrons. The molecule has 1 amide bonds. The Hall–Kier alpha value is -3.98. The second kappa shape index (κ2) is 9.66. The van der Waals surface area contributed by atoms with E-state index in [2.05, 4.69) is 15.5 Å². The number of nitrogens with one attached hydrogen (secondary N) is 1. The summed E-state index contributed by atoms with van der Waals surface area (Å²) in [7, 11) is 0. The van der Waals surface area contributed by atoms with Gasteiger partial charge in [0, 0.05) is 29.1 Å². The van der Waals surface area contributed by atoms with Crippen LogP contribution in [0.3, 0.4) is 0 Å². The van der Waals surface area contributed by atoms with Crippen LogP contribution in [0, 0.1) is 24.0 Å². The van der Waals surface area contributed by atoms with Crippen molar-refractivity contribution in [2.45, 2.75) is 19.0 Å². The topological polar surface area (TPSA) is 103 Å². The quantitative estimate of drug-likeness (QED) is 0.232. The van der Waals surface area contributed by atoms with Crippen LogP contribution in [0.5, 0.6) is 0 Å². The van der Waals surface area contributed by atoms with E-state index in [4.69, 9.17) is 0 Å². The highest BCUT2D eigenvalue weighted by Crippen LogP contribution is 2.29. The Bertz CT molecular complexity index is 1300. The molecule has 0 atom stereocenters. The second-order valence-corrected chi connectivity index (χ2v) is 8.31. The van der Waals surface area contributed by atoms with Crippen LogP contribution in [0.25, 0.3) is 17.1 Å². The number of nitro benzene ring substituents is 1. The lowest BCUT2D eigenvalue weighted by molar-refractivity contribution is -0.384. The summed E-state index contributed by atoms with van der Waals surface area (Å²) < 4.78 is 1.84. The van der Waals surface area contributed by atoms with Crippen molar-refractivity contribution < 1.29 is 9.72 Å². The Balaban J connectivity index is 1.60. The number of rotatable bonds is 7. The first-order chi connectivity index (χ1) is 15.9. The van der Waals surface area contributed by atoms with Crippen LogP contribution in [0.4, 0.5) is 11.4 Å². The lowest BCUT2D eigenvalue weighted by atomic mass is 10.1. The van der Waals surface area contributed by atoms with Crippen LogP contribution in [-0.2, 0) is 4.79 Å². The molecule has 0 aliphatic heterocycles.